The molecule has 7 heteroatoms. The van der Waals surface area contributed by atoms with Gasteiger partial charge in [0.15, 0.2) is 0 Å². The van der Waals surface area contributed by atoms with Crippen LogP contribution in [-0.4, -0.2) is 32.1 Å². The molecule has 0 radical (unpaired) electrons. The summed E-state index contributed by atoms with van der Waals surface area (Å²) >= 11 is 0. The number of benzene rings is 2. The molecular weight excluding hydrogens is 394 g/mol. The van der Waals surface area contributed by atoms with Crippen molar-refractivity contribution in [3.05, 3.63) is 47.5 Å². The zero-order chi connectivity index (χ0) is 22.3. The van der Waals surface area contributed by atoms with E-state index in [4.69, 9.17) is 9.47 Å². The molecule has 1 saturated heterocycles. The predicted molar refractivity (Wildman–Crippen MR) is 120 cm³/mol. The first-order chi connectivity index (χ1) is 14.8. The highest BCUT2D eigenvalue weighted by atomic mass is 16.5. The van der Waals surface area contributed by atoms with E-state index in [1.54, 1.807) is 32.4 Å². The number of methoxy groups -OCH3 is 2. The topological polar surface area (TPSA) is 88.7 Å². The van der Waals surface area contributed by atoms with Gasteiger partial charge in [-0.05, 0) is 37.5 Å². The van der Waals surface area contributed by atoms with Gasteiger partial charge in [0, 0.05) is 23.4 Å². The Balaban J connectivity index is 1.75. The van der Waals surface area contributed by atoms with E-state index >= 15 is 0 Å². The van der Waals surface area contributed by atoms with Gasteiger partial charge in [-0.2, -0.15) is 0 Å². The van der Waals surface area contributed by atoms with Crippen molar-refractivity contribution in [3.8, 4) is 11.5 Å². The summed E-state index contributed by atoms with van der Waals surface area (Å²) < 4.78 is 10.7. The van der Waals surface area contributed by atoms with Crippen LogP contribution in [0.25, 0.3) is 0 Å². The molecule has 0 bridgehead atoms. The number of rotatable bonds is 5. The largest absolute Gasteiger partial charge is 0.497 e. The van der Waals surface area contributed by atoms with Crippen LogP contribution in [0.5, 0.6) is 11.5 Å². The zero-order valence-corrected chi connectivity index (χ0v) is 18.5. The van der Waals surface area contributed by atoms with Crippen molar-refractivity contribution in [2.75, 3.05) is 24.9 Å². The Morgan fingerprint density at radius 3 is 2.61 bits per heavy atom. The first kappa shape index (κ1) is 21.2. The summed E-state index contributed by atoms with van der Waals surface area (Å²) in [6, 6.07) is 11.1. The van der Waals surface area contributed by atoms with Gasteiger partial charge in [-0.3, -0.25) is 14.9 Å². The molecule has 0 saturated carbocycles. The summed E-state index contributed by atoms with van der Waals surface area (Å²) in [6.45, 7) is 6.18. The Morgan fingerprint density at radius 1 is 1.16 bits per heavy atom. The first-order valence-electron chi connectivity index (χ1n) is 10.5. The fourth-order valence-corrected chi connectivity index (χ4v) is 4.68. The van der Waals surface area contributed by atoms with Crippen molar-refractivity contribution in [2.24, 2.45) is 11.8 Å². The molecule has 164 valence electrons. The standard InChI is InChI=1S/C24H29N3O4/c1-13(2)19-12-17(22(28)25-20-11-15(30-4)7-9-21(20)31-5)24(27-19)16-10-14(3)6-8-18(16)26-23(24)29/h6-11,13,17,19,27H,12H2,1-5H3,(H,25,28)(H,26,29)/t17-,19-,24-/m0/s1. The second kappa shape index (κ2) is 7.89. The van der Waals surface area contributed by atoms with E-state index < -0.39 is 11.5 Å². The lowest BCUT2D eigenvalue weighted by molar-refractivity contribution is -0.130. The Morgan fingerprint density at radius 2 is 1.94 bits per heavy atom. The number of anilines is 2. The third-order valence-corrected chi connectivity index (χ3v) is 6.42. The van der Waals surface area contributed by atoms with Crippen molar-refractivity contribution >= 4 is 23.2 Å². The number of nitrogens with one attached hydrogen (secondary N) is 3. The first-order valence-corrected chi connectivity index (χ1v) is 10.5. The summed E-state index contributed by atoms with van der Waals surface area (Å²) in [5.41, 5.74) is 2.03. The van der Waals surface area contributed by atoms with Crippen LogP contribution < -0.4 is 25.4 Å². The fourth-order valence-electron chi connectivity index (χ4n) is 4.68. The maximum atomic E-state index is 13.6. The average molecular weight is 424 g/mol. The van der Waals surface area contributed by atoms with Gasteiger partial charge in [-0.15, -0.1) is 0 Å². The maximum absolute atomic E-state index is 13.6. The molecule has 4 rings (SSSR count). The van der Waals surface area contributed by atoms with E-state index in [2.05, 4.69) is 29.8 Å². The second-order valence-corrected chi connectivity index (χ2v) is 8.65. The minimum Gasteiger partial charge on any atom is -0.497 e. The van der Waals surface area contributed by atoms with Crippen LogP contribution in [0.15, 0.2) is 36.4 Å². The summed E-state index contributed by atoms with van der Waals surface area (Å²) in [6.07, 6.45) is 0.552. The maximum Gasteiger partial charge on any atom is 0.250 e. The molecule has 7 nitrogen and oxygen atoms in total. The van der Waals surface area contributed by atoms with Gasteiger partial charge in [0.05, 0.1) is 25.8 Å². The predicted octanol–water partition coefficient (Wildman–Crippen LogP) is 3.43. The van der Waals surface area contributed by atoms with Gasteiger partial charge in [-0.1, -0.05) is 31.5 Å². The molecule has 3 N–H and O–H groups in total. The Kier molecular flexibility index (Phi) is 5.39. The number of aryl methyl sites for hydroxylation is 1. The fraction of sp³-hybridized carbons (Fsp3) is 0.417. The van der Waals surface area contributed by atoms with Crippen LogP contribution in [-0.2, 0) is 15.1 Å². The van der Waals surface area contributed by atoms with Crippen molar-refractivity contribution in [1.82, 2.24) is 5.32 Å². The van der Waals surface area contributed by atoms with E-state index in [0.717, 1.165) is 16.8 Å². The number of hydrogen-bond acceptors (Lipinski definition) is 5. The molecule has 2 heterocycles. The Labute approximate surface area is 182 Å². The Bertz CT molecular complexity index is 1040. The van der Waals surface area contributed by atoms with Crippen LogP contribution >= 0.6 is 0 Å². The van der Waals surface area contributed by atoms with E-state index in [1.165, 1.54) is 0 Å². The number of carbonyl (C=O) groups excluding carboxylic acids is 2. The van der Waals surface area contributed by atoms with Crippen molar-refractivity contribution < 1.29 is 19.1 Å². The van der Waals surface area contributed by atoms with Crippen molar-refractivity contribution in [3.63, 3.8) is 0 Å². The van der Waals surface area contributed by atoms with E-state index in [-0.39, 0.29) is 23.8 Å². The lowest BCUT2D eigenvalue weighted by Crippen LogP contribution is -2.52. The molecule has 2 aromatic rings. The molecule has 2 aromatic carbocycles. The van der Waals surface area contributed by atoms with Crippen LogP contribution in [0.4, 0.5) is 11.4 Å². The third-order valence-electron chi connectivity index (χ3n) is 6.42. The highest BCUT2D eigenvalue weighted by Gasteiger charge is 2.60. The summed E-state index contributed by atoms with van der Waals surface area (Å²) in [5, 5.41) is 9.51. The van der Waals surface area contributed by atoms with E-state index in [9.17, 15) is 9.59 Å². The van der Waals surface area contributed by atoms with Gasteiger partial charge >= 0.3 is 0 Å². The summed E-state index contributed by atoms with van der Waals surface area (Å²) in [4.78, 5) is 27.0. The molecule has 0 aliphatic carbocycles. The summed E-state index contributed by atoms with van der Waals surface area (Å²) in [5.74, 6) is 0.402. The number of hydrogen-bond donors (Lipinski definition) is 3. The molecule has 0 aromatic heterocycles. The number of carbonyl (C=O) groups is 2. The molecule has 2 aliphatic heterocycles. The van der Waals surface area contributed by atoms with E-state index in [0.29, 0.717) is 23.6 Å². The smallest absolute Gasteiger partial charge is 0.250 e. The third kappa shape index (κ3) is 3.43. The quantitative estimate of drug-likeness (QED) is 0.686. The minimum absolute atomic E-state index is 0.0279. The highest BCUT2D eigenvalue weighted by Crippen LogP contribution is 2.48. The van der Waals surface area contributed by atoms with Gasteiger partial charge < -0.3 is 20.1 Å². The molecule has 2 aliphatic rings. The number of amides is 2. The molecular formula is C24H29N3O4. The van der Waals surface area contributed by atoms with Gasteiger partial charge in [0.25, 0.3) is 0 Å². The average Bonchev–Trinajstić information content (AvgIpc) is 3.28. The minimum atomic E-state index is -1.10. The Hall–Kier alpha value is -3.06. The van der Waals surface area contributed by atoms with E-state index in [1.807, 2.05) is 25.1 Å². The monoisotopic (exact) mass is 423 g/mol. The van der Waals surface area contributed by atoms with Crippen molar-refractivity contribution in [1.29, 1.82) is 0 Å². The van der Waals surface area contributed by atoms with Crippen LogP contribution in [0.2, 0.25) is 0 Å². The van der Waals surface area contributed by atoms with Crippen molar-refractivity contribution in [2.45, 2.75) is 38.8 Å². The van der Waals surface area contributed by atoms with Gasteiger partial charge in [0.2, 0.25) is 11.8 Å². The SMILES string of the molecule is COc1ccc(OC)c(NC(=O)[C@@H]2C[C@@H](C(C)C)N[C@]23C(=O)Nc2ccc(C)cc23)c1. The molecule has 1 spiro atoms. The summed E-state index contributed by atoms with van der Waals surface area (Å²) in [7, 11) is 3.12. The second-order valence-electron chi connectivity index (χ2n) is 8.65. The zero-order valence-electron chi connectivity index (χ0n) is 18.5. The van der Waals surface area contributed by atoms with Crippen LogP contribution in [0.1, 0.15) is 31.4 Å². The normalized spacial score (nSPS) is 24.3. The number of fused-ring (bicyclic) bond motifs is 2. The molecule has 3 atom stereocenters. The lowest BCUT2D eigenvalue weighted by atomic mass is 9.79. The van der Waals surface area contributed by atoms with Crippen LogP contribution in [0.3, 0.4) is 0 Å². The number of ether oxygens (including phenoxy) is 2. The van der Waals surface area contributed by atoms with Gasteiger partial charge in [-0.25, -0.2) is 0 Å². The molecule has 31 heavy (non-hydrogen) atoms. The lowest BCUT2D eigenvalue weighted by Gasteiger charge is -2.30. The van der Waals surface area contributed by atoms with Gasteiger partial charge in [0.1, 0.15) is 17.0 Å². The molecule has 1 fully saturated rings. The molecule has 2 amide bonds. The van der Waals surface area contributed by atoms with Crippen LogP contribution in [0, 0.1) is 18.8 Å². The molecule has 0 unspecified atom stereocenters. The highest BCUT2D eigenvalue weighted by molar-refractivity contribution is 6.10.